The van der Waals surface area contributed by atoms with Crippen LogP contribution in [0.4, 0.5) is 0 Å². The Hall–Kier alpha value is -1.37. The predicted molar refractivity (Wildman–Crippen MR) is 103 cm³/mol. The van der Waals surface area contributed by atoms with Gasteiger partial charge in [-0.25, -0.2) is 0 Å². The van der Waals surface area contributed by atoms with Crippen LogP contribution in [-0.4, -0.2) is 28.3 Å². The van der Waals surface area contributed by atoms with E-state index in [1.165, 1.54) is 0 Å². The van der Waals surface area contributed by atoms with Crippen molar-refractivity contribution in [3.8, 4) is 0 Å². The lowest BCUT2D eigenvalue weighted by atomic mass is 10.1. The second kappa shape index (κ2) is 9.20. The molecule has 0 fully saturated rings. The zero-order valence-corrected chi connectivity index (χ0v) is 16.6. The van der Waals surface area contributed by atoms with Crippen molar-refractivity contribution in [3.05, 3.63) is 51.3 Å². The van der Waals surface area contributed by atoms with Crippen molar-refractivity contribution in [2.24, 2.45) is 5.73 Å². The molecule has 0 aliphatic heterocycles. The minimum Gasteiger partial charge on any atom is -0.352 e. The van der Waals surface area contributed by atoms with Crippen LogP contribution in [0.25, 0.3) is 0 Å². The molecule has 1 aromatic carbocycles. The number of rotatable bonds is 6. The number of carbonyl (C=O) groups is 1. The maximum Gasteiger partial charge on any atom is 0.255 e. The molecular weight excluding hydrogens is 392 g/mol. The van der Waals surface area contributed by atoms with Crippen LogP contribution in [0.3, 0.4) is 0 Å². The van der Waals surface area contributed by atoms with Crippen molar-refractivity contribution in [2.45, 2.75) is 39.8 Å². The lowest BCUT2D eigenvalue weighted by Gasteiger charge is -2.08. The van der Waals surface area contributed by atoms with Gasteiger partial charge in [-0.05, 0) is 44.9 Å². The van der Waals surface area contributed by atoms with E-state index < -0.39 is 0 Å². The van der Waals surface area contributed by atoms with Crippen LogP contribution in [0.5, 0.6) is 0 Å². The minimum atomic E-state index is -0.0823. The van der Waals surface area contributed by atoms with E-state index in [9.17, 15) is 4.79 Å². The molecule has 2 aromatic rings. The van der Waals surface area contributed by atoms with E-state index in [1.54, 1.807) is 0 Å². The summed E-state index contributed by atoms with van der Waals surface area (Å²) in [6, 6.07) is 8.16. The largest absolute Gasteiger partial charge is 0.352 e. The molecule has 1 heterocycles. The molecule has 3 N–H and O–H groups in total. The molecule has 5 nitrogen and oxygen atoms in total. The van der Waals surface area contributed by atoms with E-state index in [0.717, 1.165) is 27.8 Å². The fourth-order valence-corrected chi connectivity index (χ4v) is 2.94. The molecule has 1 unspecified atom stereocenters. The van der Waals surface area contributed by atoms with E-state index >= 15 is 0 Å². The number of carbonyl (C=O) groups excluding carboxylic acids is 1. The van der Waals surface area contributed by atoms with E-state index in [1.807, 2.05) is 43.7 Å². The number of nitrogens with two attached hydrogens (primary N) is 1. The Morgan fingerprint density at radius 1 is 1.42 bits per heavy atom. The van der Waals surface area contributed by atoms with Gasteiger partial charge in [0, 0.05) is 22.8 Å². The van der Waals surface area contributed by atoms with Crippen LogP contribution in [0, 0.1) is 13.8 Å². The average Bonchev–Trinajstić information content (AvgIpc) is 2.73. The Morgan fingerprint density at radius 2 is 2.12 bits per heavy atom. The van der Waals surface area contributed by atoms with Gasteiger partial charge in [0.15, 0.2) is 0 Å². The Balaban J connectivity index is 0.00000288. The molecule has 0 saturated carbocycles. The first kappa shape index (κ1) is 20.7. The van der Waals surface area contributed by atoms with Gasteiger partial charge in [-0.3, -0.25) is 9.48 Å². The van der Waals surface area contributed by atoms with Gasteiger partial charge < -0.3 is 11.1 Å². The summed E-state index contributed by atoms with van der Waals surface area (Å²) in [5, 5.41) is 7.43. The SMILES string of the molecule is Cc1nn(Cc2cccc(Br)c2)c(C)c1C(=O)NCCC(C)N.Cl. The molecule has 0 aliphatic rings. The summed E-state index contributed by atoms with van der Waals surface area (Å²) < 4.78 is 2.91. The van der Waals surface area contributed by atoms with Gasteiger partial charge in [0.1, 0.15) is 0 Å². The Kier molecular flexibility index (Phi) is 7.93. The third kappa shape index (κ3) is 5.33. The third-order valence-corrected chi connectivity index (χ3v) is 4.21. The van der Waals surface area contributed by atoms with Gasteiger partial charge in [0.05, 0.1) is 17.8 Å². The minimum absolute atomic E-state index is 0. The number of halogens is 2. The summed E-state index contributed by atoms with van der Waals surface area (Å²) in [6.07, 6.45) is 0.760. The molecule has 24 heavy (non-hydrogen) atoms. The predicted octanol–water partition coefficient (Wildman–Crippen LogP) is 3.20. The van der Waals surface area contributed by atoms with Crippen molar-refractivity contribution in [2.75, 3.05) is 6.54 Å². The first-order chi connectivity index (χ1) is 10.9. The smallest absolute Gasteiger partial charge is 0.255 e. The molecular formula is C17H24BrClN4O. The molecule has 2 rings (SSSR count). The van der Waals surface area contributed by atoms with Crippen molar-refractivity contribution in [3.63, 3.8) is 0 Å². The zero-order chi connectivity index (χ0) is 17.0. The Bertz CT molecular complexity index is 700. The second-order valence-corrected chi connectivity index (χ2v) is 6.77. The van der Waals surface area contributed by atoms with Gasteiger partial charge in [-0.15, -0.1) is 12.4 Å². The van der Waals surface area contributed by atoms with Crippen LogP contribution < -0.4 is 11.1 Å². The molecule has 7 heteroatoms. The number of nitrogens with one attached hydrogen (secondary N) is 1. The van der Waals surface area contributed by atoms with Crippen LogP contribution in [0.1, 0.15) is 40.7 Å². The van der Waals surface area contributed by atoms with Crippen LogP contribution >= 0.6 is 28.3 Å². The van der Waals surface area contributed by atoms with Crippen LogP contribution in [-0.2, 0) is 6.54 Å². The highest BCUT2D eigenvalue weighted by Gasteiger charge is 2.18. The number of hydrogen-bond acceptors (Lipinski definition) is 3. The van der Waals surface area contributed by atoms with Crippen molar-refractivity contribution in [1.82, 2.24) is 15.1 Å². The highest BCUT2D eigenvalue weighted by atomic mass is 79.9. The van der Waals surface area contributed by atoms with Crippen molar-refractivity contribution < 1.29 is 4.79 Å². The summed E-state index contributed by atoms with van der Waals surface area (Å²) >= 11 is 3.47. The number of benzene rings is 1. The summed E-state index contributed by atoms with van der Waals surface area (Å²) in [5.41, 5.74) is 9.12. The maximum atomic E-state index is 12.4. The van der Waals surface area contributed by atoms with Gasteiger partial charge in [-0.1, -0.05) is 28.1 Å². The average molecular weight is 416 g/mol. The topological polar surface area (TPSA) is 72.9 Å². The second-order valence-electron chi connectivity index (χ2n) is 5.86. The molecule has 1 amide bonds. The number of aryl methyl sites for hydroxylation is 1. The molecule has 0 radical (unpaired) electrons. The lowest BCUT2D eigenvalue weighted by Crippen LogP contribution is -2.29. The third-order valence-electron chi connectivity index (χ3n) is 3.72. The van der Waals surface area contributed by atoms with Crippen LogP contribution in [0.2, 0.25) is 0 Å². The van der Waals surface area contributed by atoms with Crippen LogP contribution in [0.15, 0.2) is 28.7 Å². The number of nitrogens with zero attached hydrogens (tertiary/aromatic N) is 2. The van der Waals surface area contributed by atoms with Crippen molar-refractivity contribution in [1.29, 1.82) is 0 Å². The summed E-state index contributed by atoms with van der Waals surface area (Å²) in [6.45, 7) is 6.94. The quantitative estimate of drug-likeness (QED) is 0.761. The molecule has 0 saturated heterocycles. The fourth-order valence-electron chi connectivity index (χ4n) is 2.49. The highest BCUT2D eigenvalue weighted by molar-refractivity contribution is 9.10. The van der Waals surface area contributed by atoms with Gasteiger partial charge in [0.25, 0.3) is 5.91 Å². The van der Waals surface area contributed by atoms with Gasteiger partial charge in [0.2, 0.25) is 0 Å². The molecule has 1 aromatic heterocycles. The molecule has 0 bridgehead atoms. The van der Waals surface area contributed by atoms with E-state index in [-0.39, 0.29) is 24.4 Å². The maximum absolute atomic E-state index is 12.4. The molecule has 0 spiro atoms. The molecule has 0 aliphatic carbocycles. The Labute approximate surface area is 157 Å². The van der Waals surface area contributed by atoms with E-state index in [0.29, 0.717) is 18.7 Å². The number of amides is 1. The lowest BCUT2D eigenvalue weighted by molar-refractivity contribution is 0.0951. The molecule has 1 atom stereocenters. The van der Waals surface area contributed by atoms with E-state index in [4.69, 9.17) is 5.73 Å². The first-order valence-electron chi connectivity index (χ1n) is 7.70. The zero-order valence-electron chi connectivity index (χ0n) is 14.2. The summed E-state index contributed by atoms with van der Waals surface area (Å²) in [4.78, 5) is 12.4. The van der Waals surface area contributed by atoms with Gasteiger partial charge in [-0.2, -0.15) is 5.10 Å². The monoisotopic (exact) mass is 414 g/mol. The molecule has 132 valence electrons. The standard InChI is InChI=1S/C17H23BrN4O.ClH/c1-11(19)7-8-20-17(23)16-12(2)21-22(13(16)3)10-14-5-4-6-15(18)9-14;/h4-6,9,11H,7-8,10,19H2,1-3H3,(H,20,23);1H. The summed E-state index contributed by atoms with van der Waals surface area (Å²) in [5.74, 6) is -0.0823. The number of hydrogen-bond donors (Lipinski definition) is 2. The first-order valence-corrected chi connectivity index (χ1v) is 8.50. The normalized spacial score (nSPS) is 11.7. The summed E-state index contributed by atoms with van der Waals surface area (Å²) in [7, 11) is 0. The fraction of sp³-hybridized carbons (Fsp3) is 0.412. The highest BCUT2D eigenvalue weighted by Crippen LogP contribution is 2.17. The number of aromatic nitrogens is 2. The van der Waals surface area contributed by atoms with E-state index in [2.05, 4.69) is 32.4 Å². The van der Waals surface area contributed by atoms with Crippen molar-refractivity contribution >= 4 is 34.2 Å². The van der Waals surface area contributed by atoms with Gasteiger partial charge >= 0.3 is 0 Å². The Morgan fingerprint density at radius 3 is 2.75 bits per heavy atom.